The average Bonchev–Trinajstić information content (AvgIpc) is 3.09. The van der Waals surface area contributed by atoms with Crippen molar-refractivity contribution in [2.45, 2.75) is 20.5 Å². The summed E-state index contributed by atoms with van der Waals surface area (Å²) in [5.74, 6) is 0.813. The number of hydrogen-bond acceptors (Lipinski definition) is 5. The molecule has 128 valence electrons. The van der Waals surface area contributed by atoms with Crippen LogP contribution < -0.4 is 4.74 Å². The second-order valence-electron chi connectivity index (χ2n) is 5.81. The predicted molar refractivity (Wildman–Crippen MR) is 93.1 cm³/mol. The number of carbonyl (C=O) groups is 1. The summed E-state index contributed by atoms with van der Waals surface area (Å²) in [6.07, 6.45) is 0. The van der Waals surface area contributed by atoms with E-state index in [1.54, 1.807) is 6.07 Å². The molecule has 0 atom stereocenters. The van der Waals surface area contributed by atoms with Gasteiger partial charge in [-0.15, -0.1) is 0 Å². The highest BCUT2D eigenvalue weighted by Crippen LogP contribution is 2.21. The van der Waals surface area contributed by atoms with Crippen molar-refractivity contribution < 1.29 is 18.8 Å². The van der Waals surface area contributed by atoms with Crippen molar-refractivity contribution in [3.8, 4) is 17.1 Å². The van der Waals surface area contributed by atoms with E-state index in [4.69, 9.17) is 14.0 Å². The standard InChI is InChI=1S/C20H19NO4/c1-14-3-7-16(8-4-14)19-11-17(21-25-19)12-24-20(22)13-23-18-9-5-15(2)6-10-18/h3-11H,12-13H2,1-2H3. The smallest absolute Gasteiger partial charge is 0.344 e. The monoisotopic (exact) mass is 337 g/mol. The first-order valence-corrected chi connectivity index (χ1v) is 7.98. The molecule has 3 rings (SSSR count). The number of rotatable bonds is 6. The van der Waals surface area contributed by atoms with E-state index < -0.39 is 5.97 Å². The van der Waals surface area contributed by atoms with E-state index >= 15 is 0 Å². The second kappa shape index (κ2) is 7.66. The Kier molecular flexibility index (Phi) is 5.14. The molecule has 5 heteroatoms. The molecule has 0 spiro atoms. The minimum Gasteiger partial charge on any atom is -0.482 e. The van der Waals surface area contributed by atoms with Gasteiger partial charge in [-0.2, -0.15) is 0 Å². The fourth-order valence-electron chi connectivity index (χ4n) is 2.21. The van der Waals surface area contributed by atoms with Gasteiger partial charge in [-0.3, -0.25) is 0 Å². The lowest BCUT2D eigenvalue weighted by atomic mass is 10.1. The summed E-state index contributed by atoms with van der Waals surface area (Å²) in [6.45, 7) is 3.91. The molecule has 0 radical (unpaired) electrons. The van der Waals surface area contributed by atoms with Crippen LogP contribution in [0.4, 0.5) is 0 Å². The Bertz CT molecular complexity index is 835. The SMILES string of the molecule is Cc1ccc(OCC(=O)OCc2cc(-c3ccc(C)cc3)on2)cc1. The molecule has 0 aliphatic heterocycles. The molecule has 0 N–H and O–H groups in total. The third-order valence-corrected chi connectivity index (χ3v) is 3.65. The van der Waals surface area contributed by atoms with Gasteiger partial charge in [0.1, 0.15) is 18.1 Å². The first kappa shape index (κ1) is 16.8. The molecule has 25 heavy (non-hydrogen) atoms. The Morgan fingerprint density at radius 3 is 2.32 bits per heavy atom. The first-order valence-electron chi connectivity index (χ1n) is 7.98. The van der Waals surface area contributed by atoms with Gasteiger partial charge in [0.15, 0.2) is 12.4 Å². The first-order chi connectivity index (χ1) is 12.1. The van der Waals surface area contributed by atoms with Crippen LogP contribution in [0.2, 0.25) is 0 Å². The van der Waals surface area contributed by atoms with Gasteiger partial charge < -0.3 is 14.0 Å². The van der Waals surface area contributed by atoms with Gasteiger partial charge in [0, 0.05) is 11.6 Å². The molecule has 0 aliphatic carbocycles. The highest BCUT2D eigenvalue weighted by Gasteiger charge is 2.10. The zero-order valence-electron chi connectivity index (χ0n) is 14.2. The number of aromatic nitrogens is 1. The maximum atomic E-state index is 11.8. The zero-order chi connectivity index (χ0) is 17.6. The van der Waals surface area contributed by atoms with Gasteiger partial charge in [-0.25, -0.2) is 4.79 Å². The van der Waals surface area contributed by atoms with Crippen LogP contribution in [0.1, 0.15) is 16.8 Å². The molecule has 0 saturated carbocycles. The molecule has 0 saturated heterocycles. The van der Waals surface area contributed by atoms with Crippen LogP contribution in [0, 0.1) is 13.8 Å². The Hall–Kier alpha value is -3.08. The highest BCUT2D eigenvalue weighted by molar-refractivity contribution is 5.71. The predicted octanol–water partition coefficient (Wildman–Crippen LogP) is 4.08. The summed E-state index contributed by atoms with van der Waals surface area (Å²) >= 11 is 0. The van der Waals surface area contributed by atoms with Crippen molar-refractivity contribution in [3.05, 3.63) is 71.4 Å². The van der Waals surface area contributed by atoms with Crippen molar-refractivity contribution in [1.82, 2.24) is 5.16 Å². The Balaban J connectivity index is 1.49. The maximum Gasteiger partial charge on any atom is 0.344 e. The summed E-state index contributed by atoms with van der Waals surface area (Å²) in [4.78, 5) is 11.8. The number of ether oxygens (including phenoxy) is 2. The van der Waals surface area contributed by atoms with Gasteiger partial charge >= 0.3 is 5.97 Å². The lowest BCUT2D eigenvalue weighted by Crippen LogP contribution is -2.14. The van der Waals surface area contributed by atoms with E-state index in [1.807, 2.05) is 62.4 Å². The summed E-state index contributed by atoms with van der Waals surface area (Å²) in [5.41, 5.74) is 3.79. The topological polar surface area (TPSA) is 61.6 Å². The largest absolute Gasteiger partial charge is 0.482 e. The molecule has 0 amide bonds. The minimum atomic E-state index is -0.458. The van der Waals surface area contributed by atoms with E-state index in [2.05, 4.69) is 5.16 Å². The van der Waals surface area contributed by atoms with Gasteiger partial charge in [-0.05, 0) is 26.0 Å². The highest BCUT2D eigenvalue weighted by atomic mass is 16.6. The quantitative estimate of drug-likeness (QED) is 0.634. The van der Waals surface area contributed by atoms with Gasteiger partial charge in [0.05, 0.1) is 0 Å². The molecular weight excluding hydrogens is 318 g/mol. The normalized spacial score (nSPS) is 10.5. The average molecular weight is 337 g/mol. The Labute approximate surface area is 146 Å². The van der Waals surface area contributed by atoms with E-state index in [0.29, 0.717) is 17.2 Å². The molecule has 1 aromatic heterocycles. The van der Waals surface area contributed by atoms with E-state index in [9.17, 15) is 4.79 Å². The van der Waals surface area contributed by atoms with E-state index in [0.717, 1.165) is 11.1 Å². The Morgan fingerprint density at radius 1 is 1.00 bits per heavy atom. The van der Waals surface area contributed by atoms with Crippen molar-refractivity contribution in [1.29, 1.82) is 0 Å². The molecule has 2 aromatic carbocycles. The zero-order valence-corrected chi connectivity index (χ0v) is 14.2. The minimum absolute atomic E-state index is 0.0471. The number of nitrogens with zero attached hydrogens (tertiary/aromatic N) is 1. The van der Waals surface area contributed by atoms with Crippen molar-refractivity contribution in [2.24, 2.45) is 0 Å². The van der Waals surface area contributed by atoms with Crippen molar-refractivity contribution in [3.63, 3.8) is 0 Å². The van der Waals surface area contributed by atoms with Crippen LogP contribution in [0.15, 0.2) is 59.1 Å². The van der Waals surface area contributed by atoms with Gasteiger partial charge in [0.25, 0.3) is 0 Å². The van der Waals surface area contributed by atoms with Crippen LogP contribution in [0.3, 0.4) is 0 Å². The van der Waals surface area contributed by atoms with E-state index in [1.165, 1.54) is 5.56 Å². The lowest BCUT2D eigenvalue weighted by molar-refractivity contribution is -0.147. The number of hydrogen-bond donors (Lipinski definition) is 0. The molecule has 0 fully saturated rings. The fraction of sp³-hybridized carbons (Fsp3) is 0.200. The fourth-order valence-corrected chi connectivity index (χ4v) is 2.21. The summed E-state index contributed by atoms with van der Waals surface area (Å²) in [6, 6.07) is 17.1. The summed E-state index contributed by atoms with van der Waals surface area (Å²) in [7, 11) is 0. The molecule has 0 unspecified atom stereocenters. The molecule has 5 nitrogen and oxygen atoms in total. The van der Waals surface area contributed by atoms with Crippen LogP contribution in [0.5, 0.6) is 5.75 Å². The molecular formula is C20H19NO4. The van der Waals surface area contributed by atoms with E-state index in [-0.39, 0.29) is 13.2 Å². The Morgan fingerprint density at radius 2 is 1.64 bits per heavy atom. The van der Waals surface area contributed by atoms with Crippen LogP contribution in [-0.4, -0.2) is 17.7 Å². The number of carbonyl (C=O) groups excluding carboxylic acids is 1. The van der Waals surface area contributed by atoms with Crippen LogP contribution in [0.25, 0.3) is 11.3 Å². The number of benzene rings is 2. The van der Waals surface area contributed by atoms with Gasteiger partial charge in [-0.1, -0.05) is 52.7 Å². The number of esters is 1. The van der Waals surface area contributed by atoms with Crippen LogP contribution in [-0.2, 0) is 16.1 Å². The lowest BCUT2D eigenvalue weighted by Gasteiger charge is -2.06. The summed E-state index contributed by atoms with van der Waals surface area (Å²) in [5, 5.41) is 3.92. The molecule has 0 aliphatic rings. The van der Waals surface area contributed by atoms with Crippen molar-refractivity contribution >= 4 is 5.97 Å². The third kappa shape index (κ3) is 4.70. The third-order valence-electron chi connectivity index (χ3n) is 3.65. The summed E-state index contributed by atoms with van der Waals surface area (Å²) < 4.78 is 15.8. The molecule has 1 heterocycles. The maximum absolute atomic E-state index is 11.8. The van der Waals surface area contributed by atoms with Crippen LogP contribution >= 0.6 is 0 Å². The van der Waals surface area contributed by atoms with Gasteiger partial charge in [0.2, 0.25) is 0 Å². The number of aryl methyl sites for hydroxylation is 2. The second-order valence-corrected chi connectivity index (χ2v) is 5.81. The van der Waals surface area contributed by atoms with Crippen molar-refractivity contribution in [2.75, 3.05) is 6.61 Å². The molecule has 0 bridgehead atoms. The molecule has 3 aromatic rings.